The fourth-order valence-corrected chi connectivity index (χ4v) is 3.78. The number of carbonyl (C=O) groups is 2. The predicted octanol–water partition coefficient (Wildman–Crippen LogP) is 4.13. The number of alkyl halides is 2. The lowest BCUT2D eigenvalue weighted by Crippen LogP contribution is -2.36. The van der Waals surface area contributed by atoms with Crippen LogP contribution in [0.1, 0.15) is 41.7 Å². The van der Waals surface area contributed by atoms with Crippen LogP contribution in [0.2, 0.25) is 0 Å². The smallest absolute Gasteiger partial charge is 0.410 e. The Balaban J connectivity index is 2.08. The number of Topliss-reactive ketones (excluding diaryl/α,β-unsaturated/α-hetero) is 1. The summed E-state index contributed by atoms with van der Waals surface area (Å²) in [5, 5.41) is 0.219. The topological polar surface area (TPSA) is 46.6 Å². The van der Waals surface area contributed by atoms with Crippen molar-refractivity contribution in [3.63, 3.8) is 0 Å². The Morgan fingerprint density at radius 1 is 1.45 bits per heavy atom. The number of amides is 1. The van der Waals surface area contributed by atoms with Gasteiger partial charge in [0, 0.05) is 17.8 Å². The molecule has 1 atom stereocenters. The maximum absolute atomic E-state index is 15.1. The van der Waals surface area contributed by atoms with Crippen molar-refractivity contribution in [1.29, 1.82) is 0 Å². The molecule has 0 spiro atoms. The minimum Gasteiger partial charge on any atom is -0.444 e. The van der Waals surface area contributed by atoms with E-state index in [1.54, 1.807) is 32.9 Å². The first-order valence-electron chi connectivity index (χ1n) is 7.01. The number of nitrogens with zero attached hydrogens (tertiary/aromatic N) is 1. The molecule has 4 nitrogen and oxygen atoms in total. The van der Waals surface area contributed by atoms with Gasteiger partial charge in [0.05, 0.1) is 16.8 Å². The van der Waals surface area contributed by atoms with E-state index in [2.05, 4.69) is 15.9 Å². The number of ketones is 1. The summed E-state index contributed by atoms with van der Waals surface area (Å²) in [6.07, 6.45) is -0.283. The minimum atomic E-state index is -1.60. The van der Waals surface area contributed by atoms with Gasteiger partial charge in [0.25, 0.3) is 0 Å². The molecule has 1 amide bonds. The Morgan fingerprint density at radius 3 is 2.73 bits per heavy atom. The number of carbonyl (C=O) groups excluding carboxylic acids is 2. The minimum absolute atomic E-state index is 0.0373. The number of hydrogen-bond acceptors (Lipinski definition) is 4. The second-order valence-electron chi connectivity index (χ2n) is 6.34. The predicted molar refractivity (Wildman–Crippen MR) is 87.7 cm³/mol. The highest BCUT2D eigenvalue weighted by atomic mass is 79.9. The third-order valence-electron chi connectivity index (χ3n) is 3.31. The zero-order valence-electron chi connectivity index (χ0n) is 12.8. The molecule has 1 aromatic rings. The molecule has 1 aliphatic heterocycles. The van der Waals surface area contributed by atoms with E-state index in [0.29, 0.717) is 16.3 Å². The van der Waals surface area contributed by atoms with Crippen LogP contribution in [0, 0.1) is 0 Å². The SMILES string of the molecule is CC(C)(C)OC(=O)N1CCC(F)(c2ccc(C(=O)CBr)s2)C1. The van der Waals surface area contributed by atoms with Crippen molar-refractivity contribution in [3.8, 4) is 0 Å². The van der Waals surface area contributed by atoms with E-state index in [1.165, 1.54) is 4.90 Å². The number of hydrogen-bond donors (Lipinski definition) is 0. The number of thiophene rings is 1. The first kappa shape index (κ1) is 17.4. The molecule has 0 aromatic carbocycles. The van der Waals surface area contributed by atoms with Gasteiger partial charge < -0.3 is 9.64 Å². The molecule has 2 rings (SSSR count). The van der Waals surface area contributed by atoms with Gasteiger partial charge in [0.1, 0.15) is 5.60 Å². The second kappa shape index (κ2) is 6.28. The van der Waals surface area contributed by atoms with E-state index in [-0.39, 0.29) is 24.1 Å². The molecule has 0 aliphatic carbocycles. The first-order chi connectivity index (χ1) is 10.1. The lowest BCUT2D eigenvalue weighted by molar-refractivity contribution is 0.0258. The van der Waals surface area contributed by atoms with Crippen LogP contribution in [0.5, 0.6) is 0 Å². The molecule has 0 N–H and O–H groups in total. The van der Waals surface area contributed by atoms with Crippen LogP contribution in [0.4, 0.5) is 9.18 Å². The van der Waals surface area contributed by atoms with Gasteiger partial charge in [-0.15, -0.1) is 11.3 Å². The van der Waals surface area contributed by atoms with Crippen molar-refractivity contribution < 1.29 is 18.7 Å². The number of likely N-dealkylation sites (tertiary alicyclic amines) is 1. The van der Waals surface area contributed by atoms with E-state index < -0.39 is 17.4 Å². The summed E-state index contributed by atoms with van der Waals surface area (Å²) in [6, 6.07) is 3.28. The zero-order valence-corrected chi connectivity index (χ0v) is 15.2. The van der Waals surface area contributed by atoms with Gasteiger partial charge in [-0.3, -0.25) is 4.79 Å². The summed E-state index contributed by atoms with van der Waals surface area (Å²) in [7, 11) is 0. The van der Waals surface area contributed by atoms with Gasteiger partial charge in [-0.1, -0.05) is 15.9 Å². The van der Waals surface area contributed by atoms with E-state index in [1.807, 2.05) is 0 Å². The average molecular weight is 392 g/mol. The lowest BCUT2D eigenvalue weighted by atomic mass is 10.0. The Kier molecular flexibility index (Phi) is 4.96. The quantitative estimate of drug-likeness (QED) is 0.574. The van der Waals surface area contributed by atoms with Crippen molar-refractivity contribution in [1.82, 2.24) is 4.90 Å². The molecular weight excluding hydrogens is 373 g/mol. The second-order valence-corrected chi connectivity index (χ2v) is 7.98. The summed E-state index contributed by atoms with van der Waals surface area (Å²) >= 11 is 4.26. The van der Waals surface area contributed by atoms with Crippen LogP contribution in [0.15, 0.2) is 12.1 Å². The molecule has 0 saturated carbocycles. The molecule has 0 radical (unpaired) electrons. The molecule has 22 heavy (non-hydrogen) atoms. The third kappa shape index (κ3) is 3.87. The molecule has 7 heteroatoms. The van der Waals surface area contributed by atoms with Gasteiger partial charge in [-0.05, 0) is 32.9 Å². The van der Waals surface area contributed by atoms with Gasteiger partial charge in [-0.2, -0.15) is 0 Å². The fraction of sp³-hybridized carbons (Fsp3) is 0.600. The van der Waals surface area contributed by atoms with Crippen LogP contribution >= 0.6 is 27.3 Å². The van der Waals surface area contributed by atoms with Crippen molar-refractivity contribution >= 4 is 39.1 Å². The van der Waals surface area contributed by atoms with E-state index in [4.69, 9.17) is 4.74 Å². The monoisotopic (exact) mass is 391 g/mol. The summed E-state index contributed by atoms with van der Waals surface area (Å²) in [6.45, 7) is 5.61. The highest BCUT2D eigenvalue weighted by Crippen LogP contribution is 2.40. The van der Waals surface area contributed by atoms with Gasteiger partial charge in [0.15, 0.2) is 11.5 Å². The summed E-state index contributed by atoms with van der Waals surface area (Å²) in [5.41, 5.74) is -2.20. The number of halogens is 2. The molecule has 1 unspecified atom stereocenters. The summed E-state index contributed by atoms with van der Waals surface area (Å²) in [5.74, 6) is -0.0677. The van der Waals surface area contributed by atoms with Gasteiger partial charge >= 0.3 is 6.09 Å². The van der Waals surface area contributed by atoms with E-state index in [0.717, 1.165) is 11.3 Å². The van der Waals surface area contributed by atoms with Crippen LogP contribution in [-0.4, -0.2) is 40.8 Å². The fourth-order valence-electron chi connectivity index (χ4n) is 2.25. The van der Waals surface area contributed by atoms with E-state index in [9.17, 15) is 9.59 Å². The van der Waals surface area contributed by atoms with Gasteiger partial charge in [0.2, 0.25) is 0 Å². The molecular formula is C15H19BrFNO3S. The Bertz CT molecular complexity index is 584. The molecule has 1 aliphatic rings. The third-order valence-corrected chi connectivity index (χ3v) is 5.13. The maximum Gasteiger partial charge on any atom is 0.410 e. The Hall–Kier alpha value is -0.950. The van der Waals surface area contributed by atoms with Crippen molar-refractivity contribution in [2.75, 3.05) is 18.4 Å². The lowest BCUT2D eigenvalue weighted by Gasteiger charge is -2.25. The Morgan fingerprint density at radius 2 is 2.14 bits per heavy atom. The van der Waals surface area contributed by atoms with E-state index >= 15 is 4.39 Å². The number of ether oxygens (including phenoxy) is 1. The number of rotatable bonds is 3. The largest absolute Gasteiger partial charge is 0.444 e. The first-order valence-corrected chi connectivity index (χ1v) is 8.95. The highest BCUT2D eigenvalue weighted by molar-refractivity contribution is 9.09. The maximum atomic E-state index is 15.1. The highest BCUT2D eigenvalue weighted by Gasteiger charge is 2.44. The van der Waals surface area contributed by atoms with Crippen molar-refractivity contribution in [2.24, 2.45) is 0 Å². The molecule has 1 fully saturated rings. The summed E-state index contributed by atoms with van der Waals surface area (Å²) < 4.78 is 20.4. The normalized spacial score (nSPS) is 22.0. The molecule has 122 valence electrons. The standard InChI is InChI=1S/C15H19BrFNO3S/c1-14(2,3)21-13(20)18-7-6-15(17,9-18)12-5-4-11(22-12)10(19)8-16/h4-5H,6-9H2,1-3H3. The van der Waals surface area contributed by atoms with Crippen LogP contribution in [-0.2, 0) is 10.4 Å². The van der Waals surface area contributed by atoms with Crippen molar-refractivity contribution in [2.45, 2.75) is 38.5 Å². The summed E-state index contributed by atoms with van der Waals surface area (Å²) in [4.78, 5) is 26.1. The zero-order chi connectivity index (χ0) is 16.5. The van der Waals surface area contributed by atoms with Crippen molar-refractivity contribution in [3.05, 3.63) is 21.9 Å². The molecule has 2 heterocycles. The van der Waals surface area contributed by atoms with Crippen LogP contribution < -0.4 is 0 Å². The molecule has 1 saturated heterocycles. The van der Waals surface area contributed by atoms with Crippen LogP contribution in [0.3, 0.4) is 0 Å². The van der Waals surface area contributed by atoms with Gasteiger partial charge in [-0.25, -0.2) is 9.18 Å². The molecule has 1 aromatic heterocycles. The average Bonchev–Trinajstić information content (AvgIpc) is 3.03. The van der Waals surface area contributed by atoms with Crippen LogP contribution in [0.25, 0.3) is 0 Å². The molecule has 0 bridgehead atoms. The Labute approximate surface area is 141 Å².